The van der Waals surface area contributed by atoms with Gasteiger partial charge in [-0.25, -0.2) is 0 Å². The summed E-state index contributed by atoms with van der Waals surface area (Å²) in [4.78, 5) is 1.38. The van der Waals surface area contributed by atoms with Crippen molar-refractivity contribution in [3.05, 3.63) is 29.3 Å². The van der Waals surface area contributed by atoms with Crippen molar-refractivity contribution in [3.63, 3.8) is 0 Å². The summed E-state index contributed by atoms with van der Waals surface area (Å²) in [6, 6.07) is 8.98. The normalized spacial score (nSPS) is 13.3. The molecule has 0 spiro atoms. The van der Waals surface area contributed by atoms with Crippen LogP contribution < -0.4 is 0 Å². The standard InChI is InChI=1S/C18H27NS/c1-7-14(4)20-17-9-8-16(18(5,6)12-19)11-15(17)10-13(2)3/h8-9,11,13-14H,7,10H2,1-6H3/t14-/m0/s1. The topological polar surface area (TPSA) is 23.8 Å². The minimum absolute atomic E-state index is 0.411. The van der Waals surface area contributed by atoms with E-state index < -0.39 is 5.41 Å². The molecule has 0 radical (unpaired) electrons. The van der Waals surface area contributed by atoms with Crippen molar-refractivity contribution in [2.45, 2.75) is 69.9 Å². The molecule has 1 aromatic carbocycles. The van der Waals surface area contributed by atoms with Gasteiger partial charge in [0.1, 0.15) is 0 Å². The van der Waals surface area contributed by atoms with Crippen LogP contribution in [0.3, 0.4) is 0 Å². The molecule has 0 amide bonds. The zero-order chi connectivity index (χ0) is 15.3. The number of benzene rings is 1. The Morgan fingerprint density at radius 2 is 1.90 bits per heavy atom. The molecule has 1 rings (SSSR count). The smallest absolute Gasteiger partial charge is 0.0766 e. The monoisotopic (exact) mass is 289 g/mol. The van der Waals surface area contributed by atoms with Gasteiger partial charge in [0, 0.05) is 10.1 Å². The lowest BCUT2D eigenvalue weighted by Crippen LogP contribution is -2.14. The predicted octanol–water partition coefficient (Wildman–Crippen LogP) is 5.58. The van der Waals surface area contributed by atoms with E-state index in [9.17, 15) is 5.26 Å². The molecule has 20 heavy (non-hydrogen) atoms. The summed E-state index contributed by atoms with van der Waals surface area (Å²) in [5, 5.41) is 9.95. The van der Waals surface area contributed by atoms with E-state index in [1.54, 1.807) is 0 Å². The Morgan fingerprint density at radius 3 is 2.40 bits per heavy atom. The molecular formula is C18H27NS. The lowest BCUT2D eigenvalue weighted by molar-refractivity contribution is 0.633. The number of hydrogen-bond acceptors (Lipinski definition) is 2. The first-order valence-electron chi connectivity index (χ1n) is 7.51. The molecule has 1 atom stereocenters. The molecule has 0 aromatic heterocycles. The highest BCUT2D eigenvalue weighted by atomic mass is 32.2. The van der Waals surface area contributed by atoms with Crippen molar-refractivity contribution in [1.29, 1.82) is 5.26 Å². The average Bonchev–Trinajstić information content (AvgIpc) is 2.39. The first-order chi connectivity index (χ1) is 9.30. The lowest BCUT2D eigenvalue weighted by atomic mass is 9.85. The average molecular weight is 289 g/mol. The maximum Gasteiger partial charge on any atom is 0.0766 e. The van der Waals surface area contributed by atoms with Crippen LogP contribution in [-0.2, 0) is 11.8 Å². The van der Waals surface area contributed by atoms with Crippen molar-refractivity contribution in [2.75, 3.05) is 0 Å². The summed E-state index contributed by atoms with van der Waals surface area (Å²) >= 11 is 1.96. The quantitative estimate of drug-likeness (QED) is 0.639. The molecule has 110 valence electrons. The van der Waals surface area contributed by atoms with Crippen molar-refractivity contribution < 1.29 is 0 Å². The van der Waals surface area contributed by atoms with Gasteiger partial charge >= 0.3 is 0 Å². The van der Waals surface area contributed by atoms with Gasteiger partial charge in [-0.3, -0.25) is 0 Å². The van der Waals surface area contributed by atoms with Gasteiger partial charge in [-0.2, -0.15) is 5.26 Å². The molecule has 1 nitrogen and oxygen atoms in total. The third-order valence-corrected chi connectivity index (χ3v) is 4.98. The molecule has 0 heterocycles. The van der Waals surface area contributed by atoms with Gasteiger partial charge < -0.3 is 0 Å². The minimum Gasteiger partial charge on any atom is -0.197 e. The molecule has 0 aliphatic heterocycles. The molecular weight excluding hydrogens is 262 g/mol. The van der Waals surface area contributed by atoms with Crippen LogP contribution in [0.25, 0.3) is 0 Å². The van der Waals surface area contributed by atoms with E-state index in [1.165, 1.54) is 16.9 Å². The van der Waals surface area contributed by atoms with E-state index in [0.29, 0.717) is 11.2 Å². The fraction of sp³-hybridized carbons (Fsp3) is 0.611. The molecule has 0 N–H and O–H groups in total. The van der Waals surface area contributed by atoms with E-state index in [4.69, 9.17) is 0 Å². The largest absolute Gasteiger partial charge is 0.197 e. The summed E-state index contributed by atoms with van der Waals surface area (Å²) in [7, 11) is 0. The summed E-state index contributed by atoms with van der Waals surface area (Å²) in [5.74, 6) is 0.631. The summed E-state index contributed by atoms with van der Waals surface area (Å²) < 4.78 is 0. The molecule has 0 saturated carbocycles. The Labute approximate surface area is 128 Å². The molecule has 0 unspecified atom stereocenters. The molecule has 0 aliphatic rings. The fourth-order valence-electron chi connectivity index (χ4n) is 2.05. The van der Waals surface area contributed by atoms with Gasteiger partial charge in [-0.15, -0.1) is 11.8 Å². The van der Waals surface area contributed by atoms with E-state index in [0.717, 1.165) is 12.0 Å². The zero-order valence-electron chi connectivity index (χ0n) is 13.7. The van der Waals surface area contributed by atoms with Crippen LogP contribution in [0, 0.1) is 17.2 Å². The molecule has 2 heteroatoms. The van der Waals surface area contributed by atoms with Crippen molar-refractivity contribution in [2.24, 2.45) is 5.92 Å². The lowest BCUT2D eigenvalue weighted by Gasteiger charge is -2.20. The summed E-state index contributed by atoms with van der Waals surface area (Å²) in [6.07, 6.45) is 2.26. The number of thioether (sulfide) groups is 1. The van der Waals surface area contributed by atoms with E-state index in [2.05, 4.69) is 52.0 Å². The fourth-order valence-corrected chi connectivity index (χ4v) is 3.09. The van der Waals surface area contributed by atoms with Crippen LogP contribution in [0.15, 0.2) is 23.1 Å². The van der Waals surface area contributed by atoms with Crippen LogP contribution in [0.4, 0.5) is 0 Å². The second-order valence-corrected chi connectivity index (χ2v) is 7.97. The summed E-state index contributed by atoms with van der Waals surface area (Å²) in [5.41, 5.74) is 2.11. The third kappa shape index (κ3) is 4.56. The Morgan fingerprint density at radius 1 is 1.25 bits per heavy atom. The highest BCUT2D eigenvalue weighted by Crippen LogP contribution is 2.33. The first kappa shape index (κ1) is 17.1. The SMILES string of the molecule is CC[C@H](C)Sc1ccc(C(C)(C)C#N)cc1CC(C)C. The third-order valence-electron chi connectivity index (χ3n) is 3.59. The van der Waals surface area contributed by atoms with Crippen LogP contribution in [-0.4, -0.2) is 5.25 Å². The highest BCUT2D eigenvalue weighted by Gasteiger charge is 2.21. The van der Waals surface area contributed by atoms with E-state index in [1.807, 2.05) is 25.6 Å². The van der Waals surface area contributed by atoms with Crippen LogP contribution in [0.5, 0.6) is 0 Å². The molecule has 0 saturated heterocycles. The predicted molar refractivity (Wildman–Crippen MR) is 89.2 cm³/mol. The van der Waals surface area contributed by atoms with Gasteiger partial charge in [-0.1, -0.05) is 39.8 Å². The molecule has 0 aliphatic carbocycles. The van der Waals surface area contributed by atoms with Crippen LogP contribution in [0.1, 0.15) is 59.1 Å². The summed E-state index contributed by atoms with van der Waals surface area (Å²) in [6.45, 7) is 13.0. The molecule has 0 fully saturated rings. The first-order valence-corrected chi connectivity index (χ1v) is 8.39. The second kappa shape index (κ2) is 7.18. The second-order valence-electron chi connectivity index (χ2n) is 6.49. The Bertz CT molecular complexity index is 483. The maximum absolute atomic E-state index is 9.32. The van der Waals surface area contributed by atoms with Crippen LogP contribution >= 0.6 is 11.8 Å². The highest BCUT2D eigenvalue weighted by molar-refractivity contribution is 8.00. The minimum atomic E-state index is -0.411. The number of hydrogen-bond donors (Lipinski definition) is 0. The maximum atomic E-state index is 9.32. The van der Waals surface area contributed by atoms with Gasteiger partial charge in [0.25, 0.3) is 0 Å². The van der Waals surface area contributed by atoms with Crippen molar-refractivity contribution >= 4 is 11.8 Å². The van der Waals surface area contributed by atoms with Crippen molar-refractivity contribution in [1.82, 2.24) is 0 Å². The zero-order valence-corrected chi connectivity index (χ0v) is 14.5. The Hall–Kier alpha value is -0.940. The van der Waals surface area contributed by atoms with Gasteiger partial charge in [-0.05, 0) is 49.8 Å². The number of nitrogens with zero attached hydrogens (tertiary/aromatic N) is 1. The van der Waals surface area contributed by atoms with Gasteiger partial charge in [0.05, 0.1) is 11.5 Å². The van der Waals surface area contributed by atoms with Crippen LogP contribution in [0.2, 0.25) is 0 Å². The van der Waals surface area contributed by atoms with Crippen molar-refractivity contribution in [3.8, 4) is 6.07 Å². The van der Waals surface area contributed by atoms with Gasteiger partial charge in [0.2, 0.25) is 0 Å². The Kier molecular flexibility index (Phi) is 6.14. The van der Waals surface area contributed by atoms with E-state index in [-0.39, 0.29) is 0 Å². The van der Waals surface area contributed by atoms with Gasteiger partial charge in [0.15, 0.2) is 0 Å². The Balaban J connectivity index is 3.16. The van der Waals surface area contributed by atoms with E-state index >= 15 is 0 Å². The number of nitriles is 1. The number of rotatable bonds is 6. The molecule has 1 aromatic rings. The molecule has 0 bridgehead atoms.